The van der Waals surface area contributed by atoms with E-state index in [1.54, 1.807) is 6.92 Å². The van der Waals surface area contributed by atoms with Gasteiger partial charge in [0.05, 0.1) is 19.3 Å². The summed E-state index contributed by atoms with van der Waals surface area (Å²) in [7, 11) is 0. The summed E-state index contributed by atoms with van der Waals surface area (Å²) in [4.78, 5) is 40.0. The van der Waals surface area contributed by atoms with Gasteiger partial charge in [-0.3, -0.25) is 24.5 Å². The van der Waals surface area contributed by atoms with Crippen molar-refractivity contribution in [2.24, 2.45) is 17.3 Å². The molecule has 2 rings (SSSR count). The van der Waals surface area contributed by atoms with Gasteiger partial charge in [0.15, 0.2) is 0 Å². The molecule has 196 valence electrons. The number of morpholine rings is 1. The minimum absolute atomic E-state index is 0.0694. The largest absolute Gasteiger partial charge is 0.379 e. The highest BCUT2D eigenvalue weighted by molar-refractivity contribution is 5.89. The van der Waals surface area contributed by atoms with Crippen molar-refractivity contribution in [1.29, 1.82) is 0 Å². The number of benzene rings is 1. The summed E-state index contributed by atoms with van der Waals surface area (Å²) in [5, 5.41) is 13.6. The Morgan fingerprint density at radius 1 is 1.20 bits per heavy atom. The van der Waals surface area contributed by atoms with Crippen molar-refractivity contribution in [1.82, 2.24) is 15.3 Å². The predicted octanol–water partition coefficient (Wildman–Crippen LogP) is 2.93. The third-order valence-electron chi connectivity index (χ3n) is 6.94. The smallest absolute Gasteiger partial charge is 0.233 e. The Labute approximate surface area is 210 Å². The fourth-order valence-electron chi connectivity index (χ4n) is 4.55. The maximum absolute atomic E-state index is 13.5. The van der Waals surface area contributed by atoms with E-state index < -0.39 is 23.3 Å². The monoisotopic (exact) mass is 489 g/mol. The van der Waals surface area contributed by atoms with Gasteiger partial charge in [-0.05, 0) is 37.2 Å². The fourth-order valence-corrected chi connectivity index (χ4v) is 4.55. The maximum atomic E-state index is 13.5. The Balaban J connectivity index is 2.01. The number of rotatable bonds is 14. The molecule has 0 radical (unpaired) electrons. The molecule has 0 saturated carbocycles. The molecule has 3 atom stereocenters. The van der Waals surface area contributed by atoms with E-state index in [0.717, 1.165) is 32.5 Å². The van der Waals surface area contributed by atoms with Crippen LogP contribution in [0.4, 0.5) is 0 Å². The lowest BCUT2D eigenvalue weighted by molar-refractivity contribution is -0.166. The van der Waals surface area contributed by atoms with Crippen LogP contribution in [0.25, 0.3) is 0 Å². The first kappa shape index (κ1) is 28.9. The van der Waals surface area contributed by atoms with Crippen molar-refractivity contribution in [3.63, 3.8) is 0 Å². The summed E-state index contributed by atoms with van der Waals surface area (Å²) >= 11 is 0. The molecule has 1 aliphatic heterocycles. The van der Waals surface area contributed by atoms with Gasteiger partial charge in [-0.15, -0.1) is 0 Å². The molecule has 1 heterocycles. The zero-order valence-electron chi connectivity index (χ0n) is 21.7. The molecule has 0 spiro atoms. The Bertz CT molecular complexity index is 790. The average molecular weight is 490 g/mol. The van der Waals surface area contributed by atoms with Crippen molar-refractivity contribution in [3.8, 4) is 0 Å². The molecule has 35 heavy (non-hydrogen) atoms. The normalized spacial score (nSPS) is 17.3. The quantitative estimate of drug-likeness (QED) is 0.237. The van der Waals surface area contributed by atoms with Gasteiger partial charge < -0.3 is 10.1 Å². The molecular weight excluding hydrogens is 446 g/mol. The number of amides is 2. The van der Waals surface area contributed by atoms with Crippen LogP contribution in [0.3, 0.4) is 0 Å². The highest BCUT2D eigenvalue weighted by Gasteiger charge is 2.37. The minimum Gasteiger partial charge on any atom is -0.379 e. The Kier molecular flexibility index (Phi) is 11.8. The van der Waals surface area contributed by atoms with Gasteiger partial charge in [0.2, 0.25) is 12.3 Å². The van der Waals surface area contributed by atoms with Crippen LogP contribution in [-0.4, -0.2) is 78.7 Å². The van der Waals surface area contributed by atoms with Crippen molar-refractivity contribution in [3.05, 3.63) is 35.9 Å². The Hall–Kier alpha value is -2.29. The summed E-state index contributed by atoms with van der Waals surface area (Å²) in [6.07, 6.45) is 2.47. The maximum Gasteiger partial charge on any atom is 0.233 e. The van der Waals surface area contributed by atoms with Crippen LogP contribution in [0.15, 0.2) is 30.3 Å². The van der Waals surface area contributed by atoms with Gasteiger partial charge >= 0.3 is 0 Å². The molecule has 0 bridgehead atoms. The van der Waals surface area contributed by atoms with Gasteiger partial charge in [0, 0.05) is 44.4 Å². The van der Waals surface area contributed by atoms with E-state index in [-0.39, 0.29) is 18.1 Å². The first-order valence-electron chi connectivity index (χ1n) is 12.7. The SMILES string of the molecule is C[C@@H]([C@@H](CCCc1ccccc1)C(=O)C[C@H](C(=O)NCCN1CCOCC1)C(C)(C)C)N(O)C=O. The molecule has 2 amide bonds. The van der Waals surface area contributed by atoms with Crippen LogP contribution in [-0.2, 0) is 25.5 Å². The molecule has 2 N–H and O–H groups in total. The first-order chi connectivity index (χ1) is 16.6. The lowest BCUT2D eigenvalue weighted by Gasteiger charge is -2.33. The molecule has 0 aromatic heterocycles. The zero-order valence-corrected chi connectivity index (χ0v) is 21.7. The highest BCUT2D eigenvalue weighted by Crippen LogP contribution is 2.32. The van der Waals surface area contributed by atoms with Crippen LogP contribution in [0.5, 0.6) is 0 Å². The second kappa shape index (κ2) is 14.3. The average Bonchev–Trinajstić information content (AvgIpc) is 2.84. The first-order valence-corrected chi connectivity index (χ1v) is 12.7. The fraction of sp³-hybridized carbons (Fsp3) is 0.667. The molecule has 0 aliphatic carbocycles. The second-order valence-corrected chi connectivity index (χ2v) is 10.5. The highest BCUT2D eigenvalue weighted by atomic mass is 16.5. The summed E-state index contributed by atoms with van der Waals surface area (Å²) in [6, 6.07) is 9.34. The number of nitrogens with zero attached hydrogens (tertiary/aromatic N) is 2. The molecule has 0 unspecified atom stereocenters. The molecule has 1 saturated heterocycles. The van der Waals surface area contributed by atoms with Gasteiger partial charge in [0.25, 0.3) is 0 Å². The van der Waals surface area contributed by atoms with Crippen LogP contribution in [0.2, 0.25) is 0 Å². The summed E-state index contributed by atoms with van der Waals surface area (Å²) in [6.45, 7) is 12.0. The lowest BCUT2D eigenvalue weighted by atomic mass is 9.74. The van der Waals surface area contributed by atoms with E-state index in [1.165, 1.54) is 5.56 Å². The molecule has 1 aliphatic rings. The molecular formula is C27H43N3O5. The number of carbonyl (C=O) groups is 3. The molecule has 8 heteroatoms. The van der Waals surface area contributed by atoms with Gasteiger partial charge in [0.1, 0.15) is 5.78 Å². The third kappa shape index (κ3) is 9.70. The number of hydroxylamine groups is 2. The molecule has 8 nitrogen and oxygen atoms in total. The minimum atomic E-state index is -0.666. The van der Waals surface area contributed by atoms with Crippen LogP contribution < -0.4 is 5.32 Å². The zero-order chi connectivity index (χ0) is 25.8. The van der Waals surface area contributed by atoms with E-state index in [9.17, 15) is 19.6 Å². The number of hydrogen-bond donors (Lipinski definition) is 2. The van der Waals surface area contributed by atoms with Gasteiger partial charge in [-0.25, -0.2) is 5.06 Å². The van der Waals surface area contributed by atoms with Crippen LogP contribution in [0, 0.1) is 17.3 Å². The topological polar surface area (TPSA) is 99.2 Å². The van der Waals surface area contributed by atoms with Crippen LogP contribution >= 0.6 is 0 Å². The van der Waals surface area contributed by atoms with E-state index in [0.29, 0.717) is 37.7 Å². The number of aryl methyl sites for hydroxylation is 1. The van der Waals surface area contributed by atoms with Crippen LogP contribution in [0.1, 0.15) is 52.5 Å². The standard InChI is InChI=1S/C27H43N3O5/c1-21(30(34)20-31)23(12-8-11-22-9-6-5-7-10-22)25(32)19-24(27(2,3)4)26(33)28-13-14-29-15-17-35-18-16-29/h5-7,9-10,20-21,23-24,34H,8,11-19H2,1-4H3,(H,28,33)/t21-,23+,24+/m0/s1. The Morgan fingerprint density at radius 2 is 1.86 bits per heavy atom. The molecule has 1 aromatic carbocycles. The van der Waals surface area contributed by atoms with Gasteiger partial charge in [-0.2, -0.15) is 0 Å². The van der Waals surface area contributed by atoms with E-state index >= 15 is 0 Å². The van der Waals surface area contributed by atoms with Crippen molar-refractivity contribution in [2.45, 2.75) is 59.4 Å². The molecule has 1 fully saturated rings. The van der Waals surface area contributed by atoms with Crippen molar-refractivity contribution in [2.75, 3.05) is 39.4 Å². The predicted molar refractivity (Wildman–Crippen MR) is 135 cm³/mol. The van der Waals surface area contributed by atoms with Crippen molar-refractivity contribution < 1.29 is 24.3 Å². The van der Waals surface area contributed by atoms with Crippen molar-refractivity contribution >= 4 is 18.1 Å². The number of hydrogen-bond acceptors (Lipinski definition) is 6. The number of nitrogens with one attached hydrogen (secondary N) is 1. The second-order valence-electron chi connectivity index (χ2n) is 10.5. The third-order valence-corrected chi connectivity index (χ3v) is 6.94. The number of ether oxygens (including phenoxy) is 1. The van der Waals surface area contributed by atoms with E-state index in [1.807, 2.05) is 51.1 Å². The number of ketones is 1. The molecule has 1 aromatic rings. The van der Waals surface area contributed by atoms with E-state index in [2.05, 4.69) is 10.2 Å². The number of Topliss-reactive ketones (excluding diaryl/α,β-unsaturated/α-hetero) is 1. The number of carbonyl (C=O) groups excluding carboxylic acids is 3. The Morgan fingerprint density at radius 3 is 2.46 bits per heavy atom. The van der Waals surface area contributed by atoms with Gasteiger partial charge in [-0.1, -0.05) is 51.1 Å². The van der Waals surface area contributed by atoms with E-state index in [4.69, 9.17) is 4.74 Å². The summed E-state index contributed by atoms with van der Waals surface area (Å²) < 4.78 is 5.36. The summed E-state index contributed by atoms with van der Waals surface area (Å²) in [5.74, 6) is -1.30. The summed E-state index contributed by atoms with van der Waals surface area (Å²) in [5.41, 5.74) is 0.759. The lowest BCUT2D eigenvalue weighted by Crippen LogP contribution is -2.46.